The Kier molecular flexibility index (Phi) is 7.12. The molecule has 0 aliphatic carbocycles. The van der Waals surface area contributed by atoms with Crippen LogP contribution in [0.4, 0.5) is 20.6 Å². The first-order valence-corrected chi connectivity index (χ1v) is 10.8. The van der Waals surface area contributed by atoms with Gasteiger partial charge in [-0.15, -0.1) is 0 Å². The molecule has 1 N–H and O–H groups in total. The zero-order valence-corrected chi connectivity index (χ0v) is 19.2. The van der Waals surface area contributed by atoms with Crippen molar-refractivity contribution in [3.63, 3.8) is 0 Å². The number of nitrogens with zero attached hydrogens (tertiary/aromatic N) is 1. The van der Waals surface area contributed by atoms with Gasteiger partial charge in [-0.05, 0) is 63.3 Å². The average molecular weight is 467 g/mol. The second-order valence-corrected chi connectivity index (χ2v) is 9.43. The van der Waals surface area contributed by atoms with Crippen LogP contribution in [0.3, 0.4) is 0 Å². The van der Waals surface area contributed by atoms with E-state index in [1.165, 1.54) is 18.2 Å². The van der Waals surface area contributed by atoms with Gasteiger partial charge in [0.15, 0.2) is 0 Å². The summed E-state index contributed by atoms with van der Waals surface area (Å²) in [4.78, 5) is 26.2. The van der Waals surface area contributed by atoms with Crippen LogP contribution in [0.25, 0.3) is 0 Å². The van der Waals surface area contributed by atoms with Crippen LogP contribution in [0.5, 0.6) is 0 Å². The molecule has 0 radical (unpaired) electrons. The number of amides is 2. The Hall–Kier alpha value is -2.31. The molecule has 1 aliphatic heterocycles. The number of hydrogen-bond acceptors (Lipinski definition) is 3. The lowest BCUT2D eigenvalue weighted by Crippen LogP contribution is -2.41. The fourth-order valence-electron chi connectivity index (χ4n) is 3.59. The summed E-state index contributed by atoms with van der Waals surface area (Å²) in [6, 6.07) is 9.70. The largest absolute Gasteiger partial charge is 0.444 e. The predicted octanol–water partition coefficient (Wildman–Crippen LogP) is 6.47. The number of ether oxygens (including phenoxy) is 1. The molecular weight excluding hydrogens is 442 g/mol. The van der Waals surface area contributed by atoms with E-state index in [1.54, 1.807) is 43.9 Å². The summed E-state index contributed by atoms with van der Waals surface area (Å²) in [7, 11) is 0. The van der Waals surface area contributed by atoms with Gasteiger partial charge in [0.25, 0.3) is 0 Å². The lowest BCUT2D eigenvalue weighted by atomic mass is 9.90. The standard InChI is InChI=1S/C23H25Cl2FN2O3/c1-23(2,3)31-22(30)27-16-11-17(24)21(18(25)12-16)28-13-14(8-9-20(28)29)10-15-6-4-5-7-19(15)26/h4-7,11-12,14H,8-10,13H2,1-3H3,(H,27,30). The molecule has 3 rings (SSSR count). The van der Waals surface area contributed by atoms with Crippen molar-refractivity contribution in [2.24, 2.45) is 5.92 Å². The van der Waals surface area contributed by atoms with Gasteiger partial charge in [0, 0.05) is 18.7 Å². The molecule has 0 spiro atoms. The van der Waals surface area contributed by atoms with Crippen molar-refractivity contribution < 1.29 is 18.7 Å². The topological polar surface area (TPSA) is 58.6 Å². The third-order valence-electron chi connectivity index (χ3n) is 4.91. The Morgan fingerprint density at radius 2 is 1.87 bits per heavy atom. The number of carbonyl (C=O) groups excluding carboxylic acids is 2. The molecule has 0 saturated carbocycles. The highest BCUT2D eigenvalue weighted by Crippen LogP contribution is 2.39. The summed E-state index contributed by atoms with van der Waals surface area (Å²) in [6.07, 6.45) is 0.872. The summed E-state index contributed by atoms with van der Waals surface area (Å²) in [6.45, 7) is 5.66. The Morgan fingerprint density at radius 1 is 1.23 bits per heavy atom. The summed E-state index contributed by atoms with van der Waals surface area (Å²) in [5.41, 5.74) is 0.725. The minimum absolute atomic E-state index is 0.0706. The molecule has 1 saturated heterocycles. The molecule has 0 aromatic heterocycles. The van der Waals surface area contributed by atoms with E-state index >= 15 is 0 Å². The molecule has 1 atom stereocenters. The zero-order chi connectivity index (χ0) is 22.8. The summed E-state index contributed by atoms with van der Waals surface area (Å²) in [5.74, 6) is -0.276. The van der Waals surface area contributed by atoms with E-state index in [0.717, 1.165) is 0 Å². The third-order valence-corrected chi connectivity index (χ3v) is 5.48. The van der Waals surface area contributed by atoms with Gasteiger partial charge >= 0.3 is 6.09 Å². The Morgan fingerprint density at radius 3 is 2.48 bits per heavy atom. The van der Waals surface area contributed by atoms with Gasteiger partial charge in [-0.3, -0.25) is 10.1 Å². The Bertz CT molecular complexity index is 968. The first kappa shape index (κ1) is 23.4. The highest BCUT2D eigenvalue weighted by Gasteiger charge is 2.30. The van der Waals surface area contributed by atoms with Gasteiger partial charge in [-0.1, -0.05) is 41.4 Å². The number of halogens is 3. The maximum Gasteiger partial charge on any atom is 0.412 e. The van der Waals surface area contributed by atoms with E-state index in [2.05, 4.69) is 5.32 Å². The number of anilines is 2. The number of piperidine rings is 1. The van der Waals surface area contributed by atoms with Crippen LogP contribution in [-0.2, 0) is 16.0 Å². The van der Waals surface area contributed by atoms with E-state index in [-0.39, 0.29) is 27.7 Å². The fourth-order valence-corrected chi connectivity index (χ4v) is 4.28. The maximum absolute atomic E-state index is 14.1. The molecule has 1 heterocycles. The normalized spacial score (nSPS) is 16.9. The van der Waals surface area contributed by atoms with Gasteiger partial charge in [0.05, 0.1) is 15.7 Å². The monoisotopic (exact) mass is 466 g/mol. The molecular formula is C23H25Cl2FN2O3. The van der Waals surface area contributed by atoms with E-state index in [1.807, 2.05) is 0 Å². The predicted molar refractivity (Wildman–Crippen MR) is 121 cm³/mol. The van der Waals surface area contributed by atoms with Gasteiger partial charge in [0.1, 0.15) is 11.4 Å². The van der Waals surface area contributed by atoms with Crippen molar-refractivity contribution in [1.29, 1.82) is 0 Å². The second-order valence-electron chi connectivity index (χ2n) is 8.62. The number of rotatable bonds is 4. The number of nitrogens with one attached hydrogen (secondary N) is 1. The highest BCUT2D eigenvalue weighted by atomic mass is 35.5. The second kappa shape index (κ2) is 9.45. The molecule has 1 unspecified atom stereocenters. The molecule has 0 bridgehead atoms. The number of carbonyl (C=O) groups is 2. The van der Waals surface area contributed by atoms with Crippen molar-refractivity contribution in [1.82, 2.24) is 0 Å². The number of benzene rings is 2. The highest BCUT2D eigenvalue weighted by molar-refractivity contribution is 6.40. The van der Waals surface area contributed by atoms with Crippen LogP contribution >= 0.6 is 23.2 Å². The fraction of sp³-hybridized carbons (Fsp3) is 0.391. The molecule has 2 aromatic rings. The smallest absolute Gasteiger partial charge is 0.412 e. The first-order chi connectivity index (χ1) is 14.5. The van der Waals surface area contributed by atoms with E-state index in [0.29, 0.717) is 42.7 Å². The van der Waals surface area contributed by atoms with Gasteiger partial charge < -0.3 is 9.64 Å². The van der Waals surface area contributed by atoms with Gasteiger partial charge in [-0.25, -0.2) is 9.18 Å². The maximum atomic E-state index is 14.1. The van der Waals surface area contributed by atoms with Crippen LogP contribution in [0.15, 0.2) is 36.4 Å². The third kappa shape index (κ3) is 6.11. The van der Waals surface area contributed by atoms with E-state index in [4.69, 9.17) is 27.9 Å². The Labute approximate surface area is 191 Å². The number of hydrogen-bond donors (Lipinski definition) is 1. The van der Waals surface area contributed by atoms with Gasteiger partial charge in [-0.2, -0.15) is 0 Å². The zero-order valence-electron chi connectivity index (χ0n) is 17.7. The quantitative estimate of drug-likeness (QED) is 0.561. The minimum atomic E-state index is -0.648. The lowest BCUT2D eigenvalue weighted by molar-refractivity contribution is -0.120. The van der Waals surface area contributed by atoms with Crippen LogP contribution in [0.1, 0.15) is 39.2 Å². The van der Waals surface area contributed by atoms with Gasteiger partial charge in [0.2, 0.25) is 5.91 Å². The SMILES string of the molecule is CC(C)(C)OC(=O)Nc1cc(Cl)c(N2CC(Cc3ccccc3F)CCC2=O)c(Cl)c1. The van der Waals surface area contributed by atoms with Crippen molar-refractivity contribution in [2.75, 3.05) is 16.8 Å². The molecule has 2 aromatic carbocycles. The van der Waals surface area contributed by atoms with Crippen LogP contribution in [0.2, 0.25) is 10.0 Å². The van der Waals surface area contributed by atoms with Crippen LogP contribution in [-0.4, -0.2) is 24.1 Å². The van der Waals surface area contributed by atoms with Crippen molar-refractivity contribution in [3.05, 3.63) is 57.8 Å². The van der Waals surface area contributed by atoms with E-state index in [9.17, 15) is 14.0 Å². The first-order valence-electron chi connectivity index (χ1n) is 10.1. The molecule has 2 amide bonds. The average Bonchev–Trinajstić information content (AvgIpc) is 2.64. The molecule has 166 valence electrons. The Balaban J connectivity index is 1.78. The molecule has 1 fully saturated rings. The molecule has 5 nitrogen and oxygen atoms in total. The van der Waals surface area contributed by atoms with E-state index < -0.39 is 11.7 Å². The molecule has 1 aliphatic rings. The van der Waals surface area contributed by atoms with Crippen molar-refractivity contribution in [3.8, 4) is 0 Å². The van der Waals surface area contributed by atoms with Crippen LogP contribution < -0.4 is 10.2 Å². The summed E-state index contributed by atoms with van der Waals surface area (Å²) >= 11 is 12.9. The van der Waals surface area contributed by atoms with Crippen LogP contribution in [0, 0.1) is 11.7 Å². The summed E-state index contributed by atoms with van der Waals surface area (Å²) in [5, 5.41) is 3.06. The summed E-state index contributed by atoms with van der Waals surface area (Å²) < 4.78 is 19.3. The lowest BCUT2D eigenvalue weighted by Gasteiger charge is -2.34. The molecule has 31 heavy (non-hydrogen) atoms. The van der Waals surface area contributed by atoms with Crippen molar-refractivity contribution in [2.45, 2.75) is 45.6 Å². The van der Waals surface area contributed by atoms with Crippen molar-refractivity contribution >= 4 is 46.6 Å². The minimum Gasteiger partial charge on any atom is -0.444 e. The molecule has 8 heteroatoms.